The summed E-state index contributed by atoms with van der Waals surface area (Å²) in [5.74, 6) is -0.820. The molecule has 4 rings (SSSR count). The highest BCUT2D eigenvalue weighted by Crippen LogP contribution is 2.26. The normalized spacial score (nSPS) is 11.9. The summed E-state index contributed by atoms with van der Waals surface area (Å²) >= 11 is 9.54. The summed E-state index contributed by atoms with van der Waals surface area (Å²) in [4.78, 5) is 29.7. The van der Waals surface area contributed by atoms with Crippen molar-refractivity contribution in [2.24, 2.45) is 0 Å². The number of nitrogens with zero attached hydrogens (tertiary/aromatic N) is 2. The van der Waals surface area contributed by atoms with E-state index in [1.54, 1.807) is 66.7 Å². The zero-order chi connectivity index (χ0) is 31.5. The molecule has 4 aromatic rings. The van der Waals surface area contributed by atoms with Crippen molar-refractivity contribution in [1.29, 1.82) is 0 Å². The Kier molecular flexibility index (Phi) is 12.0. The summed E-state index contributed by atoms with van der Waals surface area (Å²) in [6.07, 6.45) is 1.94. The molecule has 0 aromatic heterocycles. The Labute approximate surface area is 273 Å². The van der Waals surface area contributed by atoms with Gasteiger partial charge in [-0.2, -0.15) is 0 Å². The van der Waals surface area contributed by atoms with Gasteiger partial charge in [-0.05, 0) is 66.1 Å². The van der Waals surface area contributed by atoms with Crippen molar-refractivity contribution in [1.82, 2.24) is 10.2 Å². The predicted octanol–water partition coefficient (Wildman–Crippen LogP) is 6.85. The molecule has 2 amide bonds. The number of anilines is 1. The third-order valence-corrected chi connectivity index (χ3v) is 9.66. The molecule has 1 N–H and O–H groups in total. The first-order valence-electron chi connectivity index (χ1n) is 14.4. The largest absolute Gasteiger partial charge is 0.354 e. The number of sulfonamides is 1. The topological polar surface area (TPSA) is 86.8 Å². The van der Waals surface area contributed by atoms with E-state index in [0.717, 1.165) is 32.7 Å². The molecule has 7 nitrogen and oxygen atoms in total. The van der Waals surface area contributed by atoms with E-state index in [4.69, 9.17) is 11.6 Å². The molecular formula is C34H35BrClN3O4S. The number of hydrogen-bond acceptors (Lipinski definition) is 4. The Balaban J connectivity index is 1.77. The molecule has 0 saturated carbocycles. The van der Waals surface area contributed by atoms with E-state index in [1.807, 2.05) is 37.3 Å². The van der Waals surface area contributed by atoms with Crippen LogP contribution in [-0.2, 0) is 32.6 Å². The van der Waals surface area contributed by atoms with Gasteiger partial charge >= 0.3 is 0 Å². The molecule has 0 fully saturated rings. The van der Waals surface area contributed by atoms with Crippen LogP contribution in [0.15, 0.2) is 119 Å². The van der Waals surface area contributed by atoms with Gasteiger partial charge in [-0.25, -0.2) is 8.42 Å². The van der Waals surface area contributed by atoms with E-state index in [2.05, 4.69) is 21.2 Å². The van der Waals surface area contributed by atoms with E-state index >= 15 is 0 Å². The van der Waals surface area contributed by atoms with Crippen molar-refractivity contribution in [3.63, 3.8) is 0 Å². The minimum absolute atomic E-state index is 0.0538. The van der Waals surface area contributed by atoms with Crippen LogP contribution in [0.4, 0.5) is 5.69 Å². The fourth-order valence-electron chi connectivity index (χ4n) is 4.70. The molecule has 1 atom stereocenters. The molecule has 0 heterocycles. The number of carbonyl (C=O) groups is 2. The van der Waals surface area contributed by atoms with Crippen LogP contribution in [0.1, 0.15) is 30.9 Å². The Morgan fingerprint density at radius 2 is 1.45 bits per heavy atom. The number of nitrogens with one attached hydrogen (secondary N) is 1. The lowest BCUT2D eigenvalue weighted by Crippen LogP contribution is -2.53. The minimum Gasteiger partial charge on any atom is -0.354 e. The molecule has 0 saturated heterocycles. The average Bonchev–Trinajstić information content (AvgIpc) is 3.03. The number of amides is 2. The first-order valence-corrected chi connectivity index (χ1v) is 17.0. The smallest absolute Gasteiger partial charge is 0.264 e. The Morgan fingerprint density at radius 1 is 0.841 bits per heavy atom. The molecule has 0 aliphatic rings. The first-order chi connectivity index (χ1) is 21.2. The summed E-state index contributed by atoms with van der Waals surface area (Å²) in [5.41, 5.74) is 1.95. The van der Waals surface area contributed by atoms with Gasteiger partial charge in [0.15, 0.2) is 0 Å². The van der Waals surface area contributed by atoms with Gasteiger partial charge in [0.25, 0.3) is 10.0 Å². The average molecular weight is 697 g/mol. The van der Waals surface area contributed by atoms with Gasteiger partial charge < -0.3 is 10.2 Å². The number of rotatable bonds is 14. The van der Waals surface area contributed by atoms with Crippen LogP contribution in [0.2, 0.25) is 5.02 Å². The van der Waals surface area contributed by atoms with Crippen molar-refractivity contribution < 1.29 is 18.0 Å². The zero-order valence-corrected chi connectivity index (χ0v) is 27.6. The maximum absolute atomic E-state index is 14.4. The molecule has 4 aromatic carbocycles. The van der Waals surface area contributed by atoms with Crippen LogP contribution >= 0.6 is 27.5 Å². The van der Waals surface area contributed by atoms with Gasteiger partial charge in [0.05, 0.1) is 10.6 Å². The highest BCUT2D eigenvalue weighted by Gasteiger charge is 2.34. The highest BCUT2D eigenvalue weighted by molar-refractivity contribution is 9.10. The van der Waals surface area contributed by atoms with E-state index < -0.39 is 28.5 Å². The van der Waals surface area contributed by atoms with Crippen molar-refractivity contribution in [3.8, 4) is 0 Å². The second kappa shape index (κ2) is 15.9. The maximum atomic E-state index is 14.4. The quantitative estimate of drug-likeness (QED) is 0.146. The zero-order valence-electron chi connectivity index (χ0n) is 24.4. The van der Waals surface area contributed by atoms with Crippen molar-refractivity contribution >= 4 is 55.1 Å². The summed E-state index contributed by atoms with van der Waals surface area (Å²) < 4.78 is 29.8. The summed E-state index contributed by atoms with van der Waals surface area (Å²) in [6.45, 7) is 2.07. The molecule has 0 radical (unpaired) electrons. The second-order valence-electron chi connectivity index (χ2n) is 10.3. The lowest BCUT2D eigenvalue weighted by atomic mass is 10.0. The summed E-state index contributed by atoms with van der Waals surface area (Å²) in [6, 6.07) is 30.3. The Bertz CT molecular complexity index is 1620. The SMILES string of the molecule is CCCCNC(=O)C(Cc1ccccc1)N(Cc1ccc(Cl)cc1)C(=O)CN(c1ccc(Br)cc1)S(=O)(=O)c1ccccc1. The lowest BCUT2D eigenvalue weighted by molar-refractivity contribution is -0.140. The van der Waals surface area contributed by atoms with Crippen LogP contribution < -0.4 is 9.62 Å². The number of halogens is 2. The monoisotopic (exact) mass is 695 g/mol. The number of unbranched alkanes of at least 4 members (excludes halogenated alkanes) is 1. The lowest BCUT2D eigenvalue weighted by Gasteiger charge is -2.34. The fraction of sp³-hybridized carbons (Fsp3) is 0.235. The van der Waals surface area contributed by atoms with Gasteiger partial charge in [-0.1, -0.05) is 102 Å². The van der Waals surface area contributed by atoms with Crippen molar-refractivity contribution in [2.75, 3.05) is 17.4 Å². The maximum Gasteiger partial charge on any atom is 0.264 e. The Morgan fingerprint density at radius 3 is 2.07 bits per heavy atom. The minimum atomic E-state index is -4.14. The van der Waals surface area contributed by atoms with Gasteiger partial charge in [0.2, 0.25) is 11.8 Å². The number of carbonyl (C=O) groups excluding carboxylic acids is 2. The van der Waals surface area contributed by atoms with Crippen LogP contribution in [-0.4, -0.2) is 44.3 Å². The predicted molar refractivity (Wildman–Crippen MR) is 179 cm³/mol. The molecule has 44 heavy (non-hydrogen) atoms. The van der Waals surface area contributed by atoms with Crippen molar-refractivity contribution in [3.05, 3.63) is 130 Å². The number of hydrogen-bond donors (Lipinski definition) is 1. The molecule has 0 aliphatic carbocycles. The van der Waals surface area contributed by atoms with Gasteiger partial charge in [0.1, 0.15) is 12.6 Å². The first kappa shape index (κ1) is 33.2. The van der Waals surface area contributed by atoms with Gasteiger partial charge in [0, 0.05) is 29.0 Å². The van der Waals surface area contributed by atoms with Crippen LogP contribution in [0, 0.1) is 0 Å². The van der Waals surface area contributed by atoms with E-state index in [-0.39, 0.29) is 23.8 Å². The third-order valence-electron chi connectivity index (χ3n) is 7.09. The Hall–Kier alpha value is -3.66. The third kappa shape index (κ3) is 8.94. The summed E-state index contributed by atoms with van der Waals surface area (Å²) in [5, 5.41) is 3.53. The molecule has 0 bridgehead atoms. The highest BCUT2D eigenvalue weighted by atomic mass is 79.9. The van der Waals surface area contributed by atoms with Gasteiger partial charge in [-0.3, -0.25) is 13.9 Å². The van der Waals surface area contributed by atoms with Crippen LogP contribution in [0.3, 0.4) is 0 Å². The fourth-order valence-corrected chi connectivity index (χ4v) is 6.53. The molecule has 1 unspecified atom stereocenters. The van der Waals surface area contributed by atoms with E-state index in [0.29, 0.717) is 17.3 Å². The standard InChI is InChI=1S/C34H35BrClN3O4S/c1-2-3-22-37-34(41)32(23-26-10-6-4-7-11-26)38(24-27-14-18-29(36)19-15-27)33(40)25-39(30-20-16-28(35)17-21-30)44(42,43)31-12-8-5-9-13-31/h4-21,32H,2-3,22-25H2,1H3,(H,37,41). The molecule has 0 aliphatic heterocycles. The summed E-state index contributed by atoms with van der Waals surface area (Å²) in [7, 11) is -4.14. The van der Waals surface area contributed by atoms with E-state index in [9.17, 15) is 18.0 Å². The van der Waals surface area contributed by atoms with E-state index in [1.165, 1.54) is 17.0 Å². The molecular weight excluding hydrogens is 662 g/mol. The number of benzene rings is 4. The van der Waals surface area contributed by atoms with Gasteiger partial charge in [-0.15, -0.1) is 0 Å². The molecule has 230 valence electrons. The molecule has 10 heteroatoms. The molecule has 0 spiro atoms. The van der Waals surface area contributed by atoms with Crippen LogP contribution in [0.5, 0.6) is 0 Å². The second-order valence-corrected chi connectivity index (χ2v) is 13.5. The van der Waals surface area contributed by atoms with Crippen LogP contribution in [0.25, 0.3) is 0 Å². The van der Waals surface area contributed by atoms with Crippen molar-refractivity contribution in [2.45, 2.75) is 43.7 Å².